The van der Waals surface area contributed by atoms with Gasteiger partial charge in [-0.25, -0.2) is 0 Å². The van der Waals surface area contributed by atoms with Gasteiger partial charge in [-0.15, -0.1) is 21.5 Å². The van der Waals surface area contributed by atoms with Crippen molar-refractivity contribution in [1.82, 2.24) is 14.6 Å². The molecule has 0 saturated heterocycles. The number of thioether (sulfide) groups is 1. The fraction of sp³-hybridized carbons (Fsp3) is 0.105. The third-order valence-corrected chi connectivity index (χ3v) is 5.94. The van der Waals surface area contributed by atoms with Crippen molar-refractivity contribution in [1.29, 1.82) is 0 Å². The molecule has 0 aliphatic rings. The number of nitrogens with zero attached hydrogens (tertiary/aromatic N) is 3. The number of methoxy groups -OCH3 is 1. The molecule has 9 heteroatoms. The van der Waals surface area contributed by atoms with Crippen LogP contribution in [-0.2, 0) is 4.79 Å². The number of carbonyl (C=O) groups excluding carboxylic acids is 1. The summed E-state index contributed by atoms with van der Waals surface area (Å²) < 4.78 is 7.13. The number of anilines is 1. The van der Waals surface area contributed by atoms with Crippen LogP contribution in [0.4, 0.5) is 5.69 Å². The van der Waals surface area contributed by atoms with Crippen molar-refractivity contribution in [2.24, 2.45) is 0 Å². The fourth-order valence-electron chi connectivity index (χ4n) is 2.64. The molecule has 4 aromatic rings. The molecule has 2 aromatic carbocycles. The molecule has 28 heavy (non-hydrogen) atoms. The summed E-state index contributed by atoms with van der Waals surface area (Å²) in [5.74, 6) is 0.780. The van der Waals surface area contributed by atoms with E-state index in [4.69, 9.17) is 16.3 Å². The average molecular weight is 431 g/mol. The predicted molar refractivity (Wildman–Crippen MR) is 114 cm³/mol. The van der Waals surface area contributed by atoms with Gasteiger partial charge in [0.2, 0.25) is 10.9 Å². The Morgan fingerprint density at radius 1 is 1.25 bits per heavy atom. The first-order chi connectivity index (χ1) is 13.6. The summed E-state index contributed by atoms with van der Waals surface area (Å²) in [6.07, 6.45) is 0. The number of halogens is 1. The number of hydrogen-bond donors (Lipinski definition) is 1. The highest BCUT2D eigenvalue weighted by atomic mass is 35.5. The molecule has 1 amide bonds. The second-order valence-electron chi connectivity index (χ2n) is 5.80. The van der Waals surface area contributed by atoms with Crippen LogP contribution < -0.4 is 10.1 Å². The van der Waals surface area contributed by atoms with E-state index < -0.39 is 0 Å². The molecule has 2 aromatic heterocycles. The van der Waals surface area contributed by atoms with Crippen LogP contribution >= 0.6 is 34.7 Å². The van der Waals surface area contributed by atoms with Crippen LogP contribution in [0.25, 0.3) is 16.2 Å². The molecule has 4 rings (SSSR count). The molecular formula is C19H15ClN4O2S2. The lowest BCUT2D eigenvalue weighted by atomic mass is 10.2. The van der Waals surface area contributed by atoms with Crippen LogP contribution in [0.3, 0.4) is 0 Å². The number of nitrogens with one attached hydrogen (secondary N) is 1. The molecule has 0 saturated carbocycles. The van der Waals surface area contributed by atoms with Crippen LogP contribution in [0.2, 0.25) is 5.02 Å². The van der Waals surface area contributed by atoms with Crippen LogP contribution in [0.5, 0.6) is 5.75 Å². The molecule has 6 nitrogen and oxygen atoms in total. The molecule has 0 atom stereocenters. The predicted octanol–water partition coefficient (Wildman–Crippen LogP) is 4.85. The maximum Gasteiger partial charge on any atom is 0.234 e. The lowest BCUT2D eigenvalue weighted by Gasteiger charge is -2.07. The van der Waals surface area contributed by atoms with Crippen LogP contribution in [0, 0.1) is 0 Å². The van der Waals surface area contributed by atoms with Gasteiger partial charge in [0, 0.05) is 22.2 Å². The van der Waals surface area contributed by atoms with E-state index in [2.05, 4.69) is 15.5 Å². The highest BCUT2D eigenvalue weighted by Crippen LogP contribution is 2.30. The SMILES string of the molecule is COc1cccc(NC(=O)CSc2nnc3scc(-c4ccc(Cl)cc4)n23)c1. The third kappa shape index (κ3) is 3.99. The number of fused-ring (bicyclic) bond motifs is 1. The molecule has 0 aliphatic carbocycles. The van der Waals surface area contributed by atoms with Crippen LogP contribution in [0.15, 0.2) is 59.1 Å². The van der Waals surface area contributed by atoms with E-state index in [9.17, 15) is 4.79 Å². The first kappa shape index (κ1) is 18.8. The maximum atomic E-state index is 12.3. The number of benzene rings is 2. The Labute approximate surface area is 174 Å². The quantitative estimate of drug-likeness (QED) is 0.443. The largest absolute Gasteiger partial charge is 0.497 e. The van der Waals surface area contributed by atoms with Gasteiger partial charge < -0.3 is 10.1 Å². The Balaban J connectivity index is 1.49. The summed E-state index contributed by atoms with van der Waals surface area (Å²) >= 11 is 8.83. The average Bonchev–Trinajstić information content (AvgIpc) is 3.30. The van der Waals surface area contributed by atoms with E-state index in [1.165, 1.54) is 23.1 Å². The molecule has 2 heterocycles. The standard InChI is InChI=1S/C19H15ClN4O2S2/c1-26-15-4-2-3-14(9-15)21-17(25)11-28-19-23-22-18-24(19)16(10-27-18)12-5-7-13(20)8-6-12/h2-10H,11H2,1H3,(H,21,25). The van der Waals surface area contributed by atoms with E-state index in [0.717, 1.165) is 16.2 Å². The van der Waals surface area contributed by atoms with Gasteiger partial charge in [0.05, 0.1) is 18.6 Å². The lowest BCUT2D eigenvalue weighted by Crippen LogP contribution is -2.14. The number of aromatic nitrogens is 3. The molecule has 0 spiro atoms. The van der Waals surface area contributed by atoms with Gasteiger partial charge in [0.15, 0.2) is 5.16 Å². The molecule has 0 bridgehead atoms. The summed E-state index contributed by atoms with van der Waals surface area (Å²) in [5.41, 5.74) is 2.67. The van der Waals surface area contributed by atoms with Crippen LogP contribution in [-0.4, -0.2) is 33.4 Å². The van der Waals surface area contributed by atoms with Crippen molar-refractivity contribution < 1.29 is 9.53 Å². The third-order valence-electron chi connectivity index (χ3n) is 3.95. The van der Waals surface area contributed by atoms with Gasteiger partial charge in [-0.3, -0.25) is 9.20 Å². The topological polar surface area (TPSA) is 68.5 Å². The van der Waals surface area contributed by atoms with E-state index in [1.54, 1.807) is 13.2 Å². The Hall–Kier alpha value is -2.55. The Morgan fingerprint density at radius 3 is 2.86 bits per heavy atom. The Bertz CT molecular complexity index is 1120. The Morgan fingerprint density at radius 2 is 2.07 bits per heavy atom. The van der Waals surface area contributed by atoms with Gasteiger partial charge in [-0.1, -0.05) is 41.6 Å². The Kier molecular flexibility index (Phi) is 5.52. The number of thiazole rings is 1. The van der Waals surface area contributed by atoms with E-state index in [0.29, 0.717) is 21.6 Å². The first-order valence-corrected chi connectivity index (χ1v) is 10.5. The number of ether oxygens (including phenoxy) is 1. The van der Waals surface area contributed by atoms with Gasteiger partial charge in [0.25, 0.3) is 0 Å². The second kappa shape index (κ2) is 8.22. The lowest BCUT2D eigenvalue weighted by molar-refractivity contribution is -0.113. The zero-order chi connectivity index (χ0) is 19.5. The van der Waals surface area contributed by atoms with Crippen molar-refractivity contribution in [2.75, 3.05) is 18.2 Å². The summed E-state index contributed by atoms with van der Waals surface area (Å²) in [4.78, 5) is 13.1. The monoisotopic (exact) mass is 430 g/mol. The van der Waals surface area contributed by atoms with E-state index in [-0.39, 0.29) is 11.7 Å². The van der Waals surface area contributed by atoms with Gasteiger partial charge in [-0.2, -0.15) is 0 Å². The molecular weight excluding hydrogens is 416 g/mol. The van der Waals surface area contributed by atoms with E-state index in [1.807, 2.05) is 52.2 Å². The van der Waals surface area contributed by atoms with E-state index >= 15 is 0 Å². The first-order valence-electron chi connectivity index (χ1n) is 8.29. The highest BCUT2D eigenvalue weighted by Gasteiger charge is 2.15. The minimum absolute atomic E-state index is 0.127. The zero-order valence-corrected chi connectivity index (χ0v) is 17.1. The van der Waals surface area contributed by atoms with Crippen LogP contribution in [0.1, 0.15) is 0 Å². The second-order valence-corrected chi connectivity index (χ2v) is 8.01. The smallest absolute Gasteiger partial charge is 0.234 e. The highest BCUT2D eigenvalue weighted by molar-refractivity contribution is 7.99. The van der Waals surface area contributed by atoms with Gasteiger partial charge >= 0.3 is 0 Å². The summed E-state index contributed by atoms with van der Waals surface area (Å²) in [5, 5.41) is 14.7. The van der Waals surface area contributed by atoms with Crippen molar-refractivity contribution in [3.05, 3.63) is 58.9 Å². The van der Waals surface area contributed by atoms with Crippen molar-refractivity contribution in [3.8, 4) is 17.0 Å². The summed E-state index contributed by atoms with van der Waals surface area (Å²) in [7, 11) is 1.59. The number of hydrogen-bond acceptors (Lipinski definition) is 6. The number of rotatable bonds is 6. The summed E-state index contributed by atoms with van der Waals surface area (Å²) in [6.45, 7) is 0. The normalized spacial score (nSPS) is 10.9. The summed E-state index contributed by atoms with van der Waals surface area (Å²) in [6, 6.07) is 14.8. The molecule has 0 aliphatic heterocycles. The van der Waals surface area contributed by atoms with Gasteiger partial charge in [-0.05, 0) is 29.8 Å². The minimum atomic E-state index is -0.127. The molecule has 0 radical (unpaired) electrons. The van der Waals surface area contributed by atoms with Crippen molar-refractivity contribution in [3.63, 3.8) is 0 Å². The zero-order valence-electron chi connectivity index (χ0n) is 14.8. The van der Waals surface area contributed by atoms with Crippen molar-refractivity contribution in [2.45, 2.75) is 5.16 Å². The molecule has 0 unspecified atom stereocenters. The molecule has 0 fully saturated rings. The fourth-order valence-corrected chi connectivity index (χ4v) is 4.40. The molecule has 1 N–H and O–H groups in total. The van der Waals surface area contributed by atoms with Crippen molar-refractivity contribution >= 4 is 51.3 Å². The molecule has 142 valence electrons. The number of carbonyl (C=O) groups is 1. The minimum Gasteiger partial charge on any atom is -0.497 e. The van der Waals surface area contributed by atoms with Gasteiger partial charge in [0.1, 0.15) is 5.75 Å². The maximum absolute atomic E-state index is 12.3. The number of amides is 1.